The van der Waals surface area contributed by atoms with Crippen molar-refractivity contribution in [2.75, 3.05) is 19.6 Å². The number of halogens is 1. The van der Waals surface area contributed by atoms with Crippen LogP contribution in [0.25, 0.3) is 11.0 Å². The first kappa shape index (κ1) is 22.3. The third kappa shape index (κ3) is 4.24. The molecule has 0 bridgehead atoms. The maximum atomic E-state index is 13.3. The van der Waals surface area contributed by atoms with Gasteiger partial charge in [0.15, 0.2) is 5.82 Å². The van der Waals surface area contributed by atoms with Gasteiger partial charge in [0, 0.05) is 30.7 Å². The molecule has 1 aromatic heterocycles. The van der Waals surface area contributed by atoms with E-state index in [9.17, 15) is 14.7 Å². The zero-order chi connectivity index (χ0) is 22.5. The standard InChI is InChI=1S/C23H31BrN4O3/c1-23(2,3)14-11-17(24)20-18(12-14)26(4)21(25-20)22(31)27-9-10-28(19(30)13-27)15-5-7-16(29)8-6-15/h11-12,15-16,29H,5-10,13H2,1-4H3/t15-,16-. The minimum Gasteiger partial charge on any atom is -0.393 e. The number of nitrogens with zero attached hydrogens (tertiary/aromatic N) is 4. The topological polar surface area (TPSA) is 78.7 Å². The number of piperazine rings is 1. The molecule has 0 unspecified atom stereocenters. The molecule has 8 heteroatoms. The Bertz CT molecular complexity index is 1020. The van der Waals surface area contributed by atoms with Crippen molar-refractivity contribution in [1.82, 2.24) is 19.4 Å². The highest BCUT2D eigenvalue weighted by atomic mass is 79.9. The number of aryl methyl sites for hydroxylation is 1. The Kier molecular flexibility index (Phi) is 5.89. The molecular formula is C23H31BrN4O3. The third-order valence-electron chi connectivity index (χ3n) is 6.65. The molecule has 1 saturated carbocycles. The monoisotopic (exact) mass is 490 g/mol. The Labute approximate surface area is 191 Å². The number of aliphatic hydroxyl groups is 1. The van der Waals surface area contributed by atoms with Gasteiger partial charge in [-0.2, -0.15) is 0 Å². The Morgan fingerprint density at radius 2 is 1.84 bits per heavy atom. The van der Waals surface area contributed by atoms with Crippen LogP contribution in [0, 0.1) is 0 Å². The quantitative estimate of drug-likeness (QED) is 0.700. The van der Waals surface area contributed by atoms with Crippen molar-refractivity contribution >= 4 is 38.8 Å². The minimum absolute atomic E-state index is 0.0176. The third-order valence-corrected chi connectivity index (χ3v) is 7.25. The van der Waals surface area contributed by atoms with E-state index in [0.29, 0.717) is 18.9 Å². The van der Waals surface area contributed by atoms with Gasteiger partial charge in [-0.25, -0.2) is 4.98 Å². The van der Waals surface area contributed by atoms with Crippen LogP contribution in [0.1, 0.15) is 62.6 Å². The Hall–Kier alpha value is -1.93. The number of amides is 2. The number of benzene rings is 1. The highest BCUT2D eigenvalue weighted by molar-refractivity contribution is 9.10. The summed E-state index contributed by atoms with van der Waals surface area (Å²) in [5, 5.41) is 9.73. The normalized spacial score (nSPS) is 23.0. The highest BCUT2D eigenvalue weighted by Crippen LogP contribution is 2.32. The Morgan fingerprint density at radius 3 is 2.45 bits per heavy atom. The molecule has 1 aliphatic heterocycles. The van der Waals surface area contributed by atoms with E-state index in [1.54, 1.807) is 4.90 Å². The zero-order valence-electron chi connectivity index (χ0n) is 18.7. The number of carbonyl (C=O) groups excluding carboxylic acids is 2. The van der Waals surface area contributed by atoms with Gasteiger partial charge >= 0.3 is 0 Å². The SMILES string of the molecule is Cn1c(C(=O)N2CCN([C@H]3CC[C@H](O)CC3)C(=O)C2)nc2c(Br)cc(C(C)(C)C)cc21. The summed E-state index contributed by atoms with van der Waals surface area (Å²) in [7, 11) is 1.85. The van der Waals surface area contributed by atoms with E-state index < -0.39 is 0 Å². The van der Waals surface area contributed by atoms with Crippen LogP contribution in [-0.4, -0.2) is 68.1 Å². The molecule has 2 amide bonds. The molecule has 4 rings (SSSR count). The second-order valence-corrected chi connectivity index (χ2v) is 10.7. The predicted molar refractivity (Wildman–Crippen MR) is 123 cm³/mol. The summed E-state index contributed by atoms with van der Waals surface area (Å²) in [5.74, 6) is 0.120. The van der Waals surface area contributed by atoms with Crippen molar-refractivity contribution in [3.8, 4) is 0 Å². The van der Waals surface area contributed by atoms with Gasteiger partial charge in [0.05, 0.1) is 11.6 Å². The fourth-order valence-electron chi connectivity index (χ4n) is 4.63. The predicted octanol–water partition coefficient (Wildman–Crippen LogP) is 3.22. The summed E-state index contributed by atoms with van der Waals surface area (Å²) in [6, 6.07) is 4.33. The summed E-state index contributed by atoms with van der Waals surface area (Å²) >= 11 is 3.62. The first-order valence-corrected chi connectivity index (χ1v) is 11.8. The van der Waals surface area contributed by atoms with Crippen LogP contribution >= 0.6 is 15.9 Å². The van der Waals surface area contributed by atoms with Gasteiger partial charge in [-0.15, -0.1) is 0 Å². The van der Waals surface area contributed by atoms with E-state index >= 15 is 0 Å². The summed E-state index contributed by atoms with van der Waals surface area (Å²) in [6.07, 6.45) is 2.89. The lowest BCUT2D eigenvalue weighted by Gasteiger charge is -2.41. The fraction of sp³-hybridized carbons (Fsp3) is 0.609. The summed E-state index contributed by atoms with van der Waals surface area (Å²) < 4.78 is 2.70. The first-order valence-electron chi connectivity index (χ1n) is 11.0. The van der Waals surface area contributed by atoms with Crippen LogP contribution in [0.2, 0.25) is 0 Å². The van der Waals surface area contributed by atoms with Gasteiger partial charge in [-0.05, 0) is 64.7 Å². The highest BCUT2D eigenvalue weighted by Gasteiger charge is 2.35. The van der Waals surface area contributed by atoms with E-state index in [4.69, 9.17) is 0 Å². The molecule has 1 saturated heterocycles. The average Bonchev–Trinajstić information content (AvgIpc) is 3.05. The molecule has 1 aromatic carbocycles. The number of imidazole rings is 1. The molecule has 0 atom stereocenters. The van der Waals surface area contributed by atoms with Crippen molar-refractivity contribution in [1.29, 1.82) is 0 Å². The second-order valence-electron chi connectivity index (χ2n) is 9.85. The zero-order valence-corrected chi connectivity index (χ0v) is 20.3. The second kappa shape index (κ2) is 8.20. The molecule has 2 aliphatic rings. The van der Waals surface area contributed by atoms with Crippen molar-refractivity contribution in [2.45, 2.75) is 64.0 Å². The van der Waals surface area contributed by atoms with Crippen molar-refractivity contribution < 1.29 is 14.7 Å². The Balaban J connectivity index is 1.54. The maximum Gasteiger partial charge on any atom is 0.290 e. The van der Waals surface area contributed by atoms with Gasteiger partial charge in [0.2, 0.25) is 5.91 Å². The molecule has 2 fully saturated rings. The molecule has 1 N–H and O–H groups in total. The number of aliphatic hydroxyl groups excluding tert-OH is 1. The Morgan fingerprint density at radius 1 is 1.16 bits per heavy atom. The number of hydrogen-bond donors (Lipinski definition) is 1. The molecule has 7 nitrogen and oxygen atoms in total. The van der Waals surface area contributed by atoms with Gasteiger partial charge in [0.1, 0.15) is 12.1 Å². The van der Waals surface area contributed by atoms with Crippen molar-refractivity contribution in [3.63, 3.8) is 0 Å². The number of carbonyl (C=O) groups is 2. The lowest BCUT2D eigenvalue weighted by Crippen LogP contribution is -2.56. The van der Waals surface area contributed by atoms with Crippen LogP contribution in [0.3, 0.4) is 0 Å². The number of aromatic nitrogens is 2. The average molecular weight is 491 g/mol. The lowest BCUT2D eigenvalue weighted by atomic mass is 9.87. The summed E-state index contributed by atoms with van der Waals surface area (Å²) in [4.78, 5) is 34.2. The minimum atomic E-state index is -0.245. The molecule has 0 spiro atoms. The van der Waals surface area contributed by atoms with Crippen LogP contribution in [0.5, 0.6) is 0 Å². The molecule has 0 radical (unpaired) electrons. The van der Waals surface area contributed by atoms with E-state index in [1.165, 1.54) is 0 Å². The lowest BCUT2D eigenvalue weighted by molar-refractivity contribution is -0.138. The number of hydrogen-bond acceptors (Lipinski definition) is 4. The molecule has 31 heavy (non-hydrogen) atoms. The maximum absolute atomic E-state index is 13.3. The van der Waals surface area contributed by atoms with Crippen LogP contribution in [0.4, 0.5) is 0 Å². The molecule has 2 aromatic rings. The van der Waals surface area contributed by atoms with E-state index in [1.807, 2.05) is 16.5 Å². The van der Waals surface area contributed by atoms with Gasteiger partial charge < -0.3 is 19.5 Å². The number of fused-ring (bicyclic) bond motifs is 1. The van der Waals surface area contributed by atoms with Crippen molar-refractivity contribution in [2.24, 2.45) is 7.05 Å². The van der Waals surface area contributed by atoms with Crippen LogP contribution in [0.15, 0.2) is 16.6 Å². The largest absolute Gasteiger partial charge is 0.393 e. The van der Waals surface area contributed by atoms with Crippen molar-refractivity contribution in [3.05, 3.63) is 28.0 Å². The molecule has 2 heterocycles. The van der Waals surface area contributed by atoms with Crippen LogP contribution < -0.4 is 0 Å². The van der Waals surface area contributed by atoms with E-state index in [-0.39, 0.29) is 35.9 Å². The fourth-order valence-corrected chi connectivity index (χ4v) is 5.17. The number of rotatable bonds is 2. The van der Waals surface area contributed by atoms with Gasteiger partial charge in [-0.3, -0.25) is 9.59 Å². The molecular weight excluding hydrogens is 460 g/mol. The van der Waals surface area contributed by atoms with Crippen LogP contribution in [-0.2, 0) is 17.3 Å². The smallest absolute Gasteiger partial charge is 0.290 e. The molecule has 168 valence electrons. The van der Waals surface area contributed by atoms with E-state index in [0.717, 1.165) is 46.8 Å². The van der Waals surface area contributed by atoms with E-state index in [2.05, 4.69) is 53.8 Å². The molecule has 1 aliphatic carbocycles. The van der Waals surface area contributed by atoms with Gasteiger partial charge in [-0.1, -0.05) is 20.8 Å². The summed E-state index contributed by atoms with van der Waals surface area (Å²) in [5.41, 5.74) is 2.79. The van der Waals surface area contributed by atoms with Gasteiger partial charge in [0.25, 0.3) is 5.91 Å². The first-order chi connectivity index (χ1) is 14.6. The summed E-state index contributed by atoms with van der Waals surface area (Å²) in [6.45, 7) is 7.58.